The molecule has 3 aromatic carbocycles. The van der Waals surface area contributed by atoms with Crippen LogP contribution in [-0.2, 0) is 6.61 Å². The van der Waals surface area contributed by atoms with Crippen LogP contribution in [0.3, 0.4) is 0 Å². The molecule has 0 unspecified atom stereocenters. The first kappa shape index (κ1) is 19.6. The van der Waals surface area contributed by atoms with Gasteiger partial charge in [-0.1, -0.05) is 29.8 Å². The molecule has 4 rings (SSSR count). The summed E-state index contributed by atoms with van der Waals surface area (Å²) in [7, 11) is 1.63. The summed E-state index contributed by atoms with van der Waals surface area (Å²) in [5.74, 6) is 2.67. The van der Waals surface area contributed by atoms with E-state index in [0.717, 1.165) is 22.6 Å². The first-order valence-corrected chi connectivity index (χ1v) is 9.61. The zero-order valence-corrected chi connectivity index (χ0v) is 16.9. The van der Waals surface area contributed by atoms with Crippen molar-refractivity contribution in [2.24, 2.45) is 0 Å². The third-order valence-corrected chi connectivity index (χ3v) is 4.80. The van der Waals surface area contributed by atoms with Crippen LogP contribution in [0.25, 0.3) is 6.08 Å². The predicted octanol–water partition coefficient (Wildman–Crippen LogP) is 5.21. The Balaban J connectivity index is 1.47. The third-order valence-electron chi connectivity index (χ3n) is 4.80. The third kappa shape index (κ3) is 4.46. The monoisotopic (exact) mass is 402 g/mol. The lowest BCUT2D eigenvalue weighted by molar-refractivity contribution is 0.104. The van der Waals surface area contributed by atoms with Crippen molar-refractivity contribution in [1.29, 1.82) is 0 Å². The molecular formula is C25H22O5. The summed E-state index contributed by atoms with van der Waals surface area (Å²) in [5.41, 5.74) is 3.51. The fourth-order valence-corrected chi connectivity index (χ4v) is 3.13. The summed E-state index contributed by atoms with van der Waals surface area (Å²) < 4.78 is 22.0. The fraction of sp³-hybridized carbons (Fsp3) is 0.160. The molecule has 3 aromatic rings. The Morgan fingerprint density at radius 2 is 1.80 bits per heavy atom. The number of carbonyl (C=O) groups excluding carboxylic acids is 1. The van der Waals surface area contributed by atoms with E-state index in [1.165, 1.54) is 5.56 Å². The van der Waals surface area contributed by atoms with Crippen LogP contribution in [0.1, 0.15) is 27.0 Å². The van der Waals surface area contributed by atoms with Gasteiger partial charge in [-0.05, 0) is 61.0 Å². The first-order valence-electron chi connectivity index (χ1n) is 9.61. The molecule has 0 N–H and O–H groups in total. The van der Waals surface area contributed by atoms with Gasteiger partial charge in [0, 0.05) is 11.1 Å². The average molecular weight is 402 g/mol. The van der Waals surface area contributed by atoms with Gasteiger partial charge in [0.1, 0.15) is 18.1 Å². The maximum Gasteiger partial charge on any atom is 0.231 e. The summed E-state index contributed by atoms with van der Waals surface area (Å²) in [6.07, 6.45) is 3.33. The van der Waals surface area contributed by atoms with Crippen LogP contribution in [0.4, 0.5) is 0 Å². The van der Waals surface area contributed by atoms with Crippen molar-refractivity contribution in [3.63, 3.8) is 0 Å². The summed E-state index contributed by atoms with van der Waals surface area (Å²) in [6, 6.07) is 18.8. The highest BCUT2D eigenvalue weighted by atomic mass is 16.7. The van der Waals surface area contributed by atoms with Gasteiger partial charge in [-0.15, -0.1) is 0 Å². The number of ketones is 1. The van der Waals surface area contributed by atoms with Crippen LogP contribution in [0.5, 0.6) is 23.0 Å². The molecule has 0 aromatic heterocycles. The molecule has 1 heterocycles. The van der Waals surface area contributed by atoms with E-state index in [1.807, 2.05) is 49.4 Å². The quantitative estimate of drug-likeness (QED) is 0.401. The molecule has 5 heteroatoms. The second-order valence-electron chi connectivity index (χ2n) is 6.94. The van der Waals surface area contributed by atoms with Crippen molar-refractivity contribution >= 4 is 11.9 Å². The highest BCUT2D eigenvalue weighted by Crippen LogP contribution is 2.32. The predicted molar refractivity (Wildman–Crippen MR) is 114 cm³/mol. The summed E-state index contributed by atoms with van der Waals surface area (Å²) >= 11 is 0. The van der Waals surface area contributed by atoms with E-state index < -0.39 is 0 Å². The van der Waals surface area contributed by atoms with Crippen LogP contribution in [0, 0.1) is 6.92 Å². The lowest BCUT2D eigenvalue weighted by Crippen LogP contribution is -1.99. The standard InChI is InChI=1S/C25H22O5/c1-17-3-8-21(9-4-17)28-15-20-13-18(6-11-23(20)27-2)5-10-22(26)19-7-12-24-25(14-19)30-16-29-24/h3-14H,15-16H2,1-2H3/b10-5+. The van der Waals surface area contributed by atoms with Gasteiger partial charge < -0.3 is 18.9 Å². The maximum atomic E-state index is 12.5. The molecule has 0 radical (unpaired) electrons. The Bertz CT molecular complexity index is 1080. The van der Waals surface area contributed by atoms with Crippen LogP contribution in [0.2, 0.25) is 0 Å². The lowest BCUT2D eigenvalue weighted by Gasteiger charge is -2.11. The van der Waals surface area contributed by atoms with Crippen LogP contribution in [0.15, 0.2) is 66.7 Å². The second-order valence-corrected chi connectivity index (χ2v) is 6.94. The number of hydrogen-bond donors (Lipinski definition) is 0. The van der Waals surface area contributed by atoms with Crippen molar-refractivity contribution in [2.45, 2.75) is 13.5 Å². The molecule has 1 aliphatic heterocycles. The van der Waals surface area contributed by atoms with Crippen LogP contribution >= 0.6 is 0 Å². The van der Waals surface area contributed by atoms with Crippen molar-refractivity contribution in [3.05, 3.63) is 89.0 Å². The average Bonchev–Trinajstić information content (AvgIpc) is 3.25. The number of aryl methyl sites for hydroxylation is 1. The SMILES string of the molecule is COc1ccc(/C=C/C(=O)c2ccc3c(c2)OCO3)cc1COc1ccc(C)cc1. The van der Waals surface area contributed by atoms with E-state index in [1.54, 1.807) is 37.5 Å². The number of carbonyl (C=O) groups is 1. The number of fused-ring (bicyclic) bond motifs is 1. The largest absolute Gasteiger partial charge is 0.496 e. The smallest absolute Gasteiger partial charge is 0.231 e. The topological polar surface area (TPSA) is 54.0 Å². The zero-order chi connectivity index (χ0) is 20.9. The van der Waals surface area contributed by atoms with E-state index in [4.69, 9.17) is 18.9 Å². The van der Waals surface area contributed by atoms with E-state index >= 15 is 0 Å². The molecule has 30 heavy (non-hydrogen) atoms. The van der Waals surface area contributed by atoms with Gasteiger partial charge in [-0.3, -0.25) is 4.79 Å². The molecule has 0 amide bonds. The lowest BCUT2D eigenvalue weighted by atomic mass is 10.1. The van der Waals surface area contributed by atoms with E-state index in [0.29, 0.717) is 23.7 Å². The fourth-order valence-electron chi connectivity index (χ4n) is 3.13. The van der Waals surface area contributed by atoms with Gasteiger partial charge in [0.15, 0.2) is 17.3 Å². The summed E-state index contributed by atoms with van der Waals surface area (Å²) in [6.45, 7) is 2.58. The van der Waals surface area contributed by atoms with Gasteiger partial charge in [0.05, 0.1) is 7.11 Å². The van der Waals surface area contributed by atoms with Crippen molar-refractivity contribution < 1.29 is 23.7 Å². The molecule has 0 fully saturated rings. The number of allylic oxidation sites excluding steroid dienone is 1. The number of benzene rings is 3. The Hall–Kier alpha value is -3.73. The molecular weight excluding hydrogens is 380 g/mol. The van der Waals surface area contributed by atoms with Crippen LogP contribution in [-0.4, -0.2) is 19.7 Å². The molecule has 152 valence electrons. The van der Waals surface area contributed by atoms with Crippen molar-refractivity contribution in [2.75, 3.05) is 13.9 Å². The Kier molecular flexibility index (Phi) is 5.70. The molecule has 5 nitrogen and oxygen atoms in total. The highest BCUT2D eigenvalue weighted by Gasteiger charge is 2.15. The van der Waals surface area contributed by atoms with Gasteiger partial charge in [-0.2, -0.15) is 0 Å². The van der Waals surface area contributed by atoms with E-state index in [9.17, 15) is 4.79 Å². The van der Waals surface area contributed by atoms with E-state index in [-0.39, 0.29) is 12.6 Å². The minimum atomic E-state index is -0.110. The van der Waals surface area contributed by atoms with Gasteiger partial charge in [-0.25, -0.2) is 0 Å². The van der Waals surface area contributed by atoms with Crippen LogP contribution < -0.4 is 18.9 Å². The second kappa shape index (κ2) is 8.74. The first-order chi connectivity index (χ1) is 14.6. The minimum absolute atomic E-state index is 0.110. The molecule has 0 spiro atoms. The number of rotatable bonds is 7. The summed E-state index contributed by atoms with van der Waals surface area (Å²) in [4.78, 5) is 12.5. The Morgan fingerprint density at radius 3 is 2.60 bits per heavy atom. The molecule has 0 aliphatic carbocycles. The molecule has 0 saturated carbocycles. The number of ether oxygens (including phenoxy) is 4. The Morgan fingerprint density at radius 1 is 1.00 bits per heavy atom. The zero-order valence-electron chi connectivity index (χ0n) is 16.9. The molecule has 0 saturated heterocycles. The summed E-state index contributed by atoms with van der Waals surface area (Å²) in [5, 5.41) is 0. The maximum absolute atomic E-state index is 12.5. The molecule has 0 atom stereocenters. The normalized spacial score (nSPS) is 12.2. The highest BCUT2D eigenvalue weighted by molar-refractivity contribution is 6.07. The Labute approximate surface area is 175 Å². The van der Waals surface area contributed by atoms with Gasteiger partial charge in [0.2, 0.25) is 6.79 Å². The number of hydrogen-bond acceptors (Lipinski definition) is 5. The molecule has 1 aliphatic rings. The van der Waals surface area contributed by atoms with Gasteiger partial charge >= 0.3 is 0 Å². The van der Waals surface area contributed by atoms with Gasteiger partial charge in [0.25, 0.3) is 0 Å². The molecule has 0 bridgehead atoms. The minimum Gasteiger partial charge on any atom is -0.496 e. The van der Waals surface area contributed by atoms with Crippen molar-refractivity contribution in [3.8, 4) is 23.0 Å². The number of methoxy groups -OCH3 is 1. The van der Waals surface area contributed by atoms with E-state index in [2.05, 4.69) is 0 Å². The van der Waals surface area contributed by atoms with Crippen molar-refractivity contribution in [1.82, 2.24) is 0 Å².